The fourth-order valence-corrected chi connectivity index (χ4v) is 2.27. The first kappa shape index (κ1) is 15.3. The van der Waals surface area contributed by atoms with Gasteiger partial charge in [-0.15, -0.1) is 0 Å². The summed E-state index contributed by atoms with van der Waals surface area (Å²) in [6.45, 7) is 1.79. The Balaban J connectivity index is 2.75. The van der Waals surface area contributed by atoms with Gasteiger partial charge in [-0.2, -0.15) is 13.2 Å². The van der Waals surface area contributed by atoms with Crippen LogP contribution in [0.25, 0.3) is 0 Å². The molecule has 18 heavy (non-hydrogen) atoms. The molecule has 0 aliphatic heterocycles. The average Bonchev–Trinajstić information content (AvgIpc) is 2.24. The van der Waals surface area contributed by atoms with Gasteiger partial charge in [0, 0.05) is 29.8 Å². The standard InChI is InChI=1S/C12H16BrF3N2/c1-8(17)10-4-3-9(7-11(10)13)18(2)6-5-12(14,15)16/h3-4,7-8H,5-6,17H2,1-2H3/t8-/m1/s1. The summed E-state index contributed by atoms with van der Waals surface area (Å²) in [6, 6.07) is 5.28. The van der Waals surface area contributed by atoms with Gasteiger partial charge >= 0.3 is 6.18 Å². The molecule has 0 saturated carbocycles. The molecule has 1 rings (SSSR count). The Hall–Kier alpha value is -0.750. The van der Waals surface area contributed by atoms with Gasteiger partial charge in [-0.1, -0.05) is 22.0 Å². The van der Waals surface area contributed by atoms with E-state index < -0.39 is 12.6 Å². The largest absolute Gasteiger partial charge is 0.390 e. The number of hydrogen-bond acceptors (Lipinski definition) is 2. The van der Waals surface area contributed by atoms with Crippen LogP contribution < -0.4 is 10.6 Å². The molecule has 2 nitrogen and oxygen atoms in total. The van der Waals surface area contributed by atoms with E-state index in [1.807, 2.05) is 13.0 Å². The Morgan fingerprint density at radius 3 is 2.44 bits per heavy atom. The molecule has 1 aromatic rings. The highest BCUT2D eigenvalue weighted by molar-refractivity contribution is 9.10. The summed E-state index contributed by atoms with van der Waals surface area (Å²) in [5, 5.41) is 0. The van der Waals surface area contributed by atoms with Crippen molar-refractivity contribution in [3.05, 3.63) is 28.2 Å². The summed E-state index contributed by atoms with van der Waals surface area (Å²) in [5.74, 6) is 0. The maximum absolute atomic E-state index is 12.1. The number of nitrogens with two attached hydrogens (primary N) is 1. The molecule has 0 radical (unpaired) electrons. The van der Waals surface area contributed by atoms with Crippen LogP contribution in [0.5, 0.6) is 0 Å². The topological polar surface area (TPSA) is 29.3 Å². The number of anilines is 1. The lowest BCUT2D eigenvalue weighted by molar-refractivity contribution is -0.132. The molecule has 0 aliphatic carbocycles. The molecule has 0 fully saturated rings. The predicted molar refractivity (Wildman–Crippen MR) is 70.7 cm³/mol. The van der Waals surface area contributed by atoms with E-state index in [9.17, 15) is 13.2 Å². The number of alkyl halides is 3. The molecule has 1 aromatic carbocycles. The Morgan fingerprint density at radius 1 is 1.39 bits per heavy atom. The van der Waals surface area contributed by atoms with Crippen molar-refractivity contribution >= 4 is 21.6 Å². The molecule has 0 heterocycles. The first-order valence-corrected chi connectivity index (χ1v) is 6.33. The highest BCUT2D eigenvalue weighted by atomic mass is 79.9. The van der Waals surface area contributed by atoms with Gasteiger partial charge < -0.3 is 10.6 Å². The lowest BCUT2D eigenvalue weighted by Gasteiger charge is -2.21. The normalized spacial score (nSPS) is 13.5. The molecule has 0 spiro atoms. The van der Waals surface area contributed by atoms with E-state index in [4.69, 9.17) is 5.73 Å². The smallest absolute Gasteiger partial charge is 0.374 e. The number of halogens is 4. The van der Waals surface area contributed by atoms with Crippen LogP contribution >= 0.6 is 15.9 Å². The van der Waals surface area contributed by atoms with Gasteiger partial charge in [0.1, 0.15) is 0 Å². The first-order chi connectivity index (χ1) is 8.20. The first-order valence-electron chi connectivity index (χ1n) is 5.53. The lowest BCUT2D eigenvalue weighted by atomic mass is 10.1. The Morgan fingerprint density at radius 2 is 2.00 bits per heavy atom. The molecule has 6 heteroatoms. The van der Waals surface area contributed by atoms with Crippen LogP contribution in [0, 0.1) is 0 Å². The monoisotopic (exact) mass is 324 g/mol. The van der Waals surface area contributed by atoms with Crippen LogP contribution in [0.3, 0.4) is 0 Å². The molecule has 1 atom stereocenters. The maximum atomic E-state index is 12.1. The Labute approximate surface area is 113 Å². The van der Waals surface area contributed by atoms with E-state index in [-0.39, 0.29) is 12.6 Å². The molecule has 102 valence electrons. The second-order valence-electron chi connectivity index (χ2n) is 4.28. The van der Waals surface area contributed by atoms with Gasteiger partial charge in [-0.25, -0.2) is 0 Å². The fourth-order valence-electron chi connectivity index (χ4n) is 1.55. The van der Waals surface area contributed by atoms with E-state index in [1.54, 1.807) is 24.1 Å². The minimum atomic E-state index is -4.13. The van der Waals surface area contributed by atoms with Gasteiger partial charge in [-0.3, -0.25) is 0 Å². The van der Waals surface area contributed by atoms with Crippen LogP contribution in [-0.4, -0.2) is 19.8 Å². The molecule has 0 saturated heterocycles. The van der Waals surface area contributed by atoms with E-state index in [0.29, 0.717) is 0 Å². The van der Waals surface area contributed by atoms with Crippen molar-refractivity contribution in [2.75, 3.05) is 18.5 Å². The average molecular weight is 325 g/mol. The zero-order valence-electron chi connectivity index (χ0n) is 10.3. The molecule has 0 bridgehead atoms. The number of hydrogen-bond donors (Lipinski definition) is 1. The summed E-state index contributed by atoms with van der Waals surface area (Å²) >= 11 is 3.38. The second-order valence-corrected chi connectivity index (χ2v) is 5.14. The summed E-state index contributed by atoms with van der Waals surface area (Å²) in [6.07, 6.45) is -4.95. The predicted octanol–water partition coefficient (Wildman–Crippen LogP) is 3.86. The van der Waals surface area contributed by atoms with E-state index >= 15 is 0 Å². The summed E-state index contributed by atoms with van der Waals surface area (Å²) in [5.41, 5.74) is 7.43. The third-order valence-corrected chi connectivity index (χ3v) is 3.33. The van der Waals surface area contributed by atoms with E-state index in [1.165, 1.54) is 0 Å². The Bertz CT molecular complexity index is 405. The maximum Gasteiger partial charge on any atom is 0.390 e. The van der Waals surface area contributed by atoms with Gasteiger partial charge in [0.25, 0.3) is 0 Å². The van der Waals surface area contributed by atoms with Gasteiger partial charge in [0.15, 0.2) is 0 Å². The third kappa shape index (κ3) is 4.49. The van der Waals surface area contributed by atoms with Crippen molar-refractivity contribution in [2.45, 2.75) is 25.6 Å². The van der Waals surface area contributed by atoms with Crippen LogP contribution in [0.2, 0.25) is 0 Å². The quantitative estimate of drug-likeness (QED) is 0.911. The van der Waals surface area contributed by atoms with E-state index in [0.717, 1.165) is 15.7 Å². The van der Waals surface area contributed by atoms with Gasteiger partial charge in [0.2, 0.25) is 0 Å². The summed E-state index contributed by atoms with van der Waals surface area (Å²) in [4.78, 5) is 1.57. The zero-order valence-corrected chi connectivity index (χ0v) is 11.8. The summed E-state index contributed by atoms with van der Waals surface area (Å²) in [7, 11) is 1.64. The van der Waals surface area contributed by atoms with Crippen molar-refractivity contribution in [3.8, 4) is 0 Å². The van der Waals surface area contributed by atoms with Crippen LogP contribution in [0.1, 0.15) is 24.9 Å². The molecule has 2 N–H and O–H groups in total. The van der Waals surface area contributed by atoms with Crippen LogP contribution in [0.4, 0.5) is 18.9 Å². The minimum absolute atomic E-state index is 0.0620. The highest BCUT2D eigenvalue weighted by Crippen LogP contribution is 2.28. The highest BCUT2D eigenvalue weighted by Gasteiger charge is 2.27. The molecule has 0 unspecified atom stereocenters. The molecular formula is C12H16BrF3N2. The van der Waals surface area contributed by atoms with Crippen molar-refractivity contribution in [2.24, 2.45) is 5.73 Å². The number of rotatable bonds is 4. The third-order valence-electron chi connectivity index (χ3n) is 2.65. The van der Waals surface area contributed by atoms with Crippen molar-refractivity contribution in [1.29, 1.82) is 0 Å². The SMILES string of the molecule is C[C@@H](N)c1ccc(N(C)CCC(F)(F)F)cc1Br. The molecular weight excluding hydrogens is 309 g/mol. The van der Waals surface area contributed by atoms with Crippen molar-refractivity contribution < 1.29 is 13.2 Å². The lowest BCUT2D eigenvalue weighted by Crippen LogP contribution is -2.24. The summed E-state index contributed by atoms with van der Waals surface area (Å²) < 4.78 is 37.2. The number of nitrogens with zero attached hydrogens (tertiary/aromatic N) is 1. The molecule has 0 amide bonds. The van der Waals surface area contributed by atoms with Crippen LogP contribution in [-0.2, 0) is 0 Å². The van der Waals surface area contributed by atoms with Crippen LogP contribution in [0.15, 0.2) is 22.7 Å². The molecule has 0 aliphatic rings. The van der Waals surface area contributed by atoms with E-state index in [2.05, 4.69) is 15.9 Å². The fraction of sp³-hybridized carbons (Fsp3) is 0.500. The second kappa shape index (κ2) is 5.93. The zero-order chi connectivity index (χ0) is 13.9. The number of benzene rings is 1. The van der Waals surface area contributed by atoms with Crippen molar-refractivity contribution in [3.63, 3.8) is 0 Å². The van der Waals surface area contributed by atoms with Gasteiger partial charge in [0.05, 0.1) is 6.42 Å². The Kier molecular flexibility index (Phi) is 5.04. The molecule has 0 aromatic heterocycles. The van der Waals surface area contributed by atoms with Gasteiger partial charge in [-0.05, 0) is 24.6 Å². The van der Waals surface area contributed by atoms with Crippen molar-refractivity contribution in [1.82, 2.24) is 0 Å². The minimum Gasteiger partial charge on any atom is -0.374 e.